The summed E-state index contributed by atoms with van der Waals surface area (Å²) in [5.74, 6) is 1.31. The number of amides is 1. The number of nitrogens with zero attached hydrogens (tertiary/aromatic N) is 1. The lowest BCUT2D eigenvalue weighted by molar-refractivity contribution is 0.215. The highest BCUT2D eigenvalue weighted by Gasteiger charge is 2.07. The van der Waals surface area contributed by atoms with Crippen molar-refractivity contribution in [2.45, 2.75) is 6.92 Å². The molecule has 1 amide bonds. The van der Waals surface area contributed by atoms with Crippen LogP contribution in [-0.4, -0.2) is 11.2 Å². The summed E-state index contributed by atoms with van der Waals surface area (Å²) in [6.07, 6.45) is -0.636. The van der Waals surface area contributed by atoms with Crippen molar-refractivity contribution in [1.29, 1.82) is 0 Å². The van der Waals surface area contributed by atoms with Crippen LogP contribution in [0.25, 0.3) is 0 Å². The van der Waals surface area contributed by atoms with Crippen molar-refractivity contribution in [3.8, 4) is 5.75 Å². The molecule has 0 atom stereocenters. The molecule has 2 rings (SSSR count). The summed E-state index contributed by atoms with van der Waals surface area (Å²) >= 11 is 0. The number of anilines is 2. The van der Waals surface area contributed by atoms with Gasteiger partial charge in [-0.25, -0.2) is 4.79 Å². The lowest BCUT2D eigenvalue weighted by Gasteiger charge is -2.03. The first-order valence-corrected chi connectivity index (χ1v) is 4.91. The van der Waals surface area contributed by atoms with Gasteiger partial charge in [0, 0.05) is 11.8 Å². The van der Waals surface area contributed by atoms with E-state index in [0.29, 0.717) is 23.0 Å². The van der Waals surface area contributed by atoms with Gasteiger partial charge < -0.3 is 15.0 Å². The number of hydrogen-bond acceptors (Lipinski definition) is 5. The van der Waals surface area contributed by atoms with Crippen molar-refractivity contribution < 1.29 is 14.1 Å². The number of carbonyl (C=O) groups excluding carboxylic acids is 1. The first-order chi connectivity index (χ1) is 8.13. The summed E-state index contributed by atoms with van der Waals surface area (Å²) in [6.45, 7) is 1.73. The standard InChI is InChI=1S/C11H11N3O3/c1-7-6-10(14-17-7)13-11(15)16-9-4-2-8(12)3-5-9/h2-6H,12H2,1H3,(H,13,14,15). The third kappa shape index (κ3) is 2.97. The number of rotatable bonds is 2. The zero-order valence-electron chi connectivity index (χ0n) is 9.14. The number of hydrogen-bond donors (Lipinski definition) is 2. The Morgan fingerprint density at radius 3 is 2.71 bits per heavy atom. The molecule has 0 aliphatic carbocycles. The van der Waals surface area contributed by atoms with Crippen molar-refractivity contribution in [3.05, 3.63) is 36.1 Å². The fraction of sp³-hybridized carbons (Fsp3) is 0.0909. The van der Waals surface area contributed by atoms with E-state index < -0.39 is 6.09 Å². The SMILES string of the molecule is Cc1cc(NC(=O)Oc2ccc(N)cc2)no1. The maximum absolute atomic E-state index is 11.4. The molecular weight excluding hydrogens is 222 g/mol. The Labute approximate surface area is 97.3 Å². The van der Waals surface area contributed by atoms with Crippen LogP contribution >= 0.6 is 0 Å². The second-order valence-corrected chi connectivity index (χ2v) is 3.41. The van der Waals surface area contributed by atoms with Crippen LogP contribution < -0.4 is 15.8 Å². The van der Waals surface area contributed by atoms with Crippen molar-refractivity contribution >= 4 is 17.6 Å². The van der Waals surface area contributed by atoms with E-state index in [4.69, 9.17) is 15.0 Å². The molecule has 0 aliphatic rings. The van der Waals surface area contributed by atoms with E-state index in [2.05, 4.69) is 10.5 Å². The van der Waals surface area contributed by atoms with E-state index in [1.807, 2.05) is 0 Å². The molecule has 6 nitrogen and oxygen atoms in total. The van der Waals surface area contributed by atoms with Crippen LogP contribution in [0.4, 0.5) is 16.3 Å². The monoisotopic (exact) mass is 233 g/mol. The van der Waals surface area contributed by atoms with Crippen LogP contribution in [0.2, 0.25) is 0 Å². The lowest BCUT2D eigenvalue weighted by atomic mass is 10.3. The van der Waals surface area contributed by atoms with Gasteiger partial charge in [-0.1, -0.05) is 5.16 Å². The van der Waals surface area contributed by atoms with E-state index in [1.165, 1.54) is 0 Å². The predicted molar refractivity (Wildman–Crippen MR) is 61.7 cm³/mol. The Bertz CT molecular complexity index is 519. The molecule has 0 bridgehead atoms. The third-order valence-electron chi connectivity index (χ3n) is 1.95. The summed E-state index contributed by atoms with van der Waals surface area (Å²) < 4.78 is 9.79. The average Bonchev–Trinajstić information content (AvgIpc) is 2.67. The van der Waals surface area contributed by atoms with Gasteiger partial charge in [0.05, 0.1) is 0 Å². The van der Waals surface area contributed by atoms with Gasteiger partial charge in [-0.15, -0.1) is 0 Å². The maximum Gasteiger partial charge on any atom is 0.418 e. The molecule has 3 N–H and O–H groups in total. The highest BCUT2D eigenvalue weighted by atomic mass is 16.6. The molecule has 88 valence electrons. The summed E-state index contributed by atoms with van der Waals surface area (Å²) in [4.78, 5) is 11.4. The van der Waals surface area contributed by atoms with E-state index >= 15 is 0 Å². The average molecular weight is 233 g/mol. The Balaban J connectivity index is 1.95. The van der Waals surface area contributed by atoms with E-state index in [0.717, 1.165) is 0 Å². The zero-order valence-corrected chi connectivity index (χ0v) is 9.14. The Morgan fingerprint density at radius 2 is 2.12 bits per heavy atom. The normalized spacial score (nSPS) is 9.94. The number of nitrogen functional groups attached to an aromatic ring is 1. The van der Waals surface area contributed by atoms with Gasteiger partial charge in [0.15, 0.2) is 5.82 Å². The van der Waals surface area contributed by atoms with Gasteiger partial charge in [0.25, 0.3) is 0 Å². The number of aromatic nitrogens is 1. The van der Waals surface area contributed by atoms with Gasteiger partial charge in [-0.3, -0.25) is 5.32 Å². The maximum atomic E-state index is 11.4. The van der Waals surface area contributed by atoms with E-state index in [1.54, 1.807) is 37.3 Å². The third-order valence-corrected chi connectivity index (χ3v) is 1.95. The molecule has 17 heavy (non-hydrogen) atoms. The minimum Gasteiger partial charge on any atom is -0.410 e. The fourth-order valence-corrected chi connectivity index (χ4v) is 1.20. The number of benzene rings is 1. The smallest absolute Gasteiger partial charge is 0.410 e. The van der Waals surface area contributed by atoms with Crippen molar-refractivity contribution in [1.82, 2.24) is 5.16 Å². The zero-order chi connectivity index (χ0) is 12.3. The Hall–Kier alpha value is -2.50. The van der Waals surface area contributed by atoms with Gasteiger partial charge in [-0.05, 0) is 31.2 Å². The molecule has 1 heterocycles. The Morgan fingerprint density at radius 1 is 1.41 bits per heavy atom. The first kappa shape index (κ1) is 11.0. The number of nitrogens with one attached hydrogen (secondary N) is 1. The van der Waals surface area contributed by atoms with Crippen LogP contribution in [0.3, 0.4) is 0 Å². The quantitative estimate of drug-likeness (QED) is 0.776. The first-order valence-electron chi connectivity index (χ1n) is 4.91. The molecule has 0 spiro atoms. The number of carbonyl (C=O) groups is 1. The molecule has 0 saturated heterocycles. The molecule has 2 aromatic rings. The summed E-state index contributed by atoms with van der Waals surface area (Å²) in [5.41, 5.74) is 6.11. The fourth-order valence-electron chi connectivity index (χ4n) is 1.20. The van der Waals surface area contributed by atoms with Gasteiger partial charge in [0.2, 0.25) is 0 Å². The molecule has 1 aromatic heterocycles. The summed E-state index contributed by atoms with van der Waals surface area (Å²) in [5, 5.41) is 6.03. The largest absolute Gasteiger partial charge is 0.418 e. The molecular formula is C11H11N3O3. The van der Waals surface area contributed by atoms with Crippen molar-refractivity contribution in [2.75, 3.05) is 11.1 Å². The molecule has 0 aliphatic heterocycles. The van der Waals surface area contributed by atoms with Crippen LogP contribution in [0, 0.1) is 6.92 Å². The summed E-state index contributed by atoms with van der Waals surface area (Å²) in [7, 11) is 0. The number of aryl methyl sites for hydroxylation is 1. The van der Waals surface area contributed by atoms with Gasteiger partial charge in [-0.2, -0.15) is 0 Å². The molecule has 0 unspecified atom stereocenters. The van der Waals surface area contributed by atoms with Crippen LogP contribution in [0.5, 0.6) is 5.75 Å². The van der Waals surface area contributed by atoms with Crippen LogP contribution in [0.15, 0.2) is 34.9 Å². The summed E-state index contributed by atoms with van der Waals surface area (Å²) in [6, 6.07) is 8.07. The number of nitrogens with two attached hydrogens (primary N) is 1. The van der Waals surface area contributed by atoms with Gasteiger partial charge in [0.1, 0.15) is 11.5 Å². The Kier molecular flexibility index (Phi) is 2.95. The van der Waals surface area contributed by atoms with Crippen LogP contribution in [0.1, 0.15) is 5.76 Å². The highest BCUT2D eigenvalue weighted by Crippen LogP contribution is 2.14. The highest BCUT2D eigenvalue weighted by molar-refractivity contribution is 5.85. The van der Waals surface area contributed by atoms with Crippen molar-refractivity contribution in [3.63, 3.8) is 0 Å². The second-order valence-electron chi connectivity index (χ2n) is 3.41. The topological polar surface area (TPSA) is 90.4 Å². The molecule has 1 aromatic carbocycles. The minimum absolute atomic E-state index is 0.308. The van der Waals surface area contributed by atoms with Crippen molar-refractivity contribution in [2.24, 2.45) is 0 Å². The van der Waals surface area contributed by atoms with E-state index in [-0.39, 0.29) is 0 Å². The number of ether oxygens (including phenoxy) is 1. The molecule has 0 saturated carbocycles. The molecule has 6 heteroatoms. The van der Waals surface area contributed by atoms with Gasteiger partial charge >= 0.3 is 6.09 Å². The minimum atomic E-state index is -0.636. The van der Waals surface area contributed by atoms with Crippen LogP contribution in [-0.2, 0) is 0 Å². The molecule has 0 fully saturated rings. The lowest BCUT2D eigenvalue weighted by Crippen LogP contribution is -2.16. The molecule has 0 radical (unpaired) electrons. The van der Waals surface area contributed by atoms with E-state index in [9.17, 15) is 4.79 Å². The second kappa shape index (κ2) is 4.56. The predicted octanol–water partition coefficient (Wildman–Crippen LogP) is 2.18.